The second kappa shape index (κ2) is 6.06. The molecule has 1 heterocycles. The van der Waals surface area contributed by atoms with Gasteiger partial charge in [-0.2, -0.15) is 0 Å². The second-order valence-electron chi connectivity index (χ2n) is 5.46. The van der Waals surface area contributed by atoms with Gasteiger partial charge in [0.25, 0.3) is 0 Å². The van der Waals surface area contributed by atoms with E-state index in [1.807, 2.05) is 19.1 Å². The third-order valence-electron chi connectivity index (χ3n) is 3.89. The fraction of sp³-hybridized carbons (Fsp3) is 0.533. The van der Waals surface area contributed by atoms with E-state index in [4.69, 9.17) is 5.11 Å². The number of aryl methyl sites for hydroxylation is 1. The summed E-state index contributed by atoms with van der Waals surface area (Å²) in [6.45, 7) is 5.15. The molecule has 0 unspecified atom stereocenters. The largest absolute Gasteiger partial charge is 0.478 e. The fourth-order valence-electron chi connectivity index (χ4n) is 2.54. The van der Waals surface area contributed by atoms with Crippen molar-refractivity contribution in [2.45, 2.75) is 19.8 Å². The molecule has 0 aromatic heterocycles. The molecule has 1 aliphatic rings. The summed E-state index contributed by atoms with van der Waals surface area (Å²) in [4.78, 5) is 13.3. The zero-order valence-electron chi connectivity index (χ0n) is 11.6. The van der Waals surface area contributed by atoms with Gasteiger partial charge >= 0.3 is 5.97 Å². The van der Waals surface area contributed by atoms with Gasteiger partial charge in [0.1, 0.15) is 0 Å². The summed E-state index contributed by atoms with van der Waals surface area (Å²) in [5.74, 6) is -0.143. The molecule has 104 valence electrons. The molecule has 0 aliphatic carbocycles. The van der Waals surface area contributed by atoms with Gasteiger partial charge in [-0.25, -0.2) is 4.79 Å². The molecule has 1 aromatic rings. The number of carboxylic acids is 1. The van der Waals surface area contributed by atoms with Crippen molar-refractivity contribution in [3.8, 4) is 0 Å². The molecule has 4 heteroatoms. The molecular weight excluding hydrogens is 240 g/mol. The van der Waals surface area contributed by atoms with Crippen LogP contribution in [0.5, 0.6) is 0 Å². The summed E-state index contributed by atoms with van der Waals surface area (Å²) in [5, 5.41) is 12.4. The maximum atomic E-state index is 10.9. The summed E-state index contributed by atoms with van der Waals surface area (Å²) >= 11 is 0. The van der Waals surface area contributed by atoms with Crippen LogP contribution < -0.4 is 5.32 Å². The van der Waals surface area contributed by atoms with Crippen LogP contribution in [0.25, 0.3) is 0 Å². The molecular formula is C15H22N2O2. The SMILES string of the molecule is Cc1cc(NCC2CCN(C)CC2)ccc1C(=O)O. The molecule has 1 aromatic carbocycles. The third-order valence-corrected chi connectivity index (χ3v) is 3.89. The van der Waals surface area contributed by atoms with Gasteiger partial charge in [0, 0.05) is 12.2 Å². The van der Waals surface area contributed by atoms with Gasteiger partial charge in [-0.15, -0.1) is 0 Å². The average Bonchev–Trinajstić information content (AvgIpc) is 2.37. The first-order valence-corrected chi connectivity index (χ1v) is 6.82. The first-order valence-electron chi connectivity index (χ1n) is 6.82. The van der Waals surface area contributed by atoms with Gasteiger partial charge < -0.3 is 15.3 Å². The second-order valence-corrected chi connectivity index (χ2v) is 5.46. The number of likely N-dealkylation sites (tertiary alicyclic amines) is 1. The van der Waals surface area contributed by atoms with Crippen LogP contribution >= 0.6 is 0 Å². The normalized spacial score (nSPS) is 17.4. The number of anilines is 1. The highest BCUT2D eigenvalue weighted by Gasteiger charge is 2.16. The van der Waals surface area contributed by atoms with Gasteiger partial charge in [0.2, 0.25) is 0 Å². The monoisotopic (exact) mass is 262 g/mol. The van der Waals surface area contributed by atoms with Crippen LogP contribution in [0.4, 0.5) is 5.69 Å². The van der Waals surface area contributed by atoms with E-state index in [-0.39, 0.29) is 0 Å². The van der Waals surface area contributed by atoms with Crippen LogP contribution in [0.15, 0.2) is 18.2 Å². The number of nitrogens with one attached hydrogen (secondary N) is 1. The Morgan fingerprint density at radius 3 is 2.68 bits per heavy atom. The number of nitrogens with zero attached hydrogens (tertiary/aromatic N) is 1. The van der Waals surface area contributed by atoms with Crippen LogP contribution in [0.1, 0.15) is 28.8 Å². The number of piperidine rings is 1. The van der Waals surface area contributed by atoms with E-state index < -0.39 is 5.97 Å². The minimum atomic E-state index is -0.862. The molecule has 4 nitrogen and oxygen atoms in total. The summed E-state index contributed by atoms with van der Waals surface area (Å²) < 4.78 is 0. The zero-order chi connectivity index (χ0) is 13.8. The highest BCUT2D eigenvalue weighted by Crippen LogP contribution is 2.19. The Morgan fingerprint density at radius 1 is 1.42 bits per heavy atom. The van der Waals surface area contributed by atoms with Gasteiger partial charge in [0.15, 0.2) is 0 Å². The molecule has 0 amide bonds. The van der Waals surface area contributed by atoms with E-state index in [2.05, 4.69) is 17.3 Å². The molecule has 0 spiro atoms. The fourth-order valence-corrected chi connectivity index (χ4v) is 2.54. The van der Waals surface area contributed by atoms with E-state index >= 15 is 0 Å². The molecule has 1 aliphatic heterocycles. The minimum Gasteiger partial charge on any atom is -0.478 e. The van der Waals surface area contributed by atoms with E-state index in [9.17, 15) is 4.79 Å². The molecule has 0 radical (unpaired) electrons. The number of benzene rings is 1. The topological polar surface area (TPSA) is 52.6 Å². The lowest BCUT2D eigenvalue weighted by atomic mass is 9.97. The van der Waals surface area contributed by atoms with Crippen LogP contribution in [0.3, 0.4) is 0 Å². The number of hydrogen-bond acceptors (Lipinski definition) is 3. The van der Waals surface area contributed by atoms with Crippen molar-refractivity contribution in [2.75, 3.05) is 32.0 Å². The maximum Gasteiger partial charge on any atom is 0.335 e. The first-order chi connectivity index (χ1) is 9.06. The summed E-state index contributed by atoms with van der Waals surface area (Å²) in [7, 11) is 2.16. The quantitative estimate of drug-likeness (QED) is 0.875. The van der Waals surface area contributed by atoms with Gasteiger partial charge in [0.05, 0.1) is 5.56 Å². The van der Waals surface area contributed by atoms with Crippen molar-refractivity contribution in [1.29, 1.82) is 0 Å². The third kappa shape index (κ3) is 3.70. The van der Waals surface area contributed by atoms with Gasteiger partial charge in [-0.05, 0) is 69.6 Å². The Labute approximate surface area is 114 Å². The lowest BCUT2D eigenvalue weighted by molar-refractivity contribution is 0.0696. The van der Waals surface area contributed by atoms with E-state index in [0.29, 0.717) is 5.56 Å². The van der Waals surface area contributed by atoms with Crippen molar-refractivity contribution in [3.05, 3.63) is 29.3 Å². The van der Waals surface area contributed by atoms with Gasteiger partial charge in [-0.1, -0.05) is 0 Å². The maximum absolute atomic E-state index is 10.9. The Morgan fingerprint density at radius 2 is 2.11 bits per heavy atom. The molecule has 1 saturated heterocycles. The zero-order valence-corrected chi connectivity index (χ0v) is 11.6. The Balaban J connectivity index is 1.89. The van der Waals surface area contributed by atoms with Crippen LogP contribution in [-0.4, -0.2) is 42.7 Å². The smallest absolute Gasteiger partial charge is 0.335 e. The number of hydrogen-bond donors (Lipinski definition) is 2. The van der Waals surface area contributed by atoms with Crippen molar-refractivity contribution < 1.29 is 9.90 Å². The highest BCUT2D eigenvalue weighted by atomic mass is 16.4. The van der Waals surface area contributed by atoms with Crippen LogP contribution in [0.2, 0.25) is 0 Å². The summed E-state index contributed by atoms with van der Waals surface area (Å²) in [6.07, 6.45) is 2.46. The van der Waals surface area contributed by atoms with Crippen molar-refractivity contribution in [2.24, 2.45) is 5.92 Å². The minimum absolute atomic E-state index is 0.379. The predicted octanol–water partition coefficient (Wildman–Crippen LogP) is 2.45. The molecule has 0 atom stereocenters. The molecule has 19 heavy (non-hydrogen) atoms. The van der Waals surface area contributed by atoms with Gasteiger partial charge in [-0.3, -0.25) is 0 Å². The number of carbonyl (C=O) groups is 1. The predicted molar refractivity (Wildman–Crippen MR) is 76.8 cm³/mol. The molecule has 2 N–H and O–H groups in total. The van der Waals surface area contributed by atoms with Crippen molar-refractivity contribution in [1.82, 2.24) is 4.90 Å². The summed E-state index contributed by atoms with van der Waals surface area (Å²) in [5.41, 5.74) is 2.20. The molecule has 1 fully saturated rings. The average molecular weight is 262 g/mol. The molecule has 0 bridgehead atoms. The van der Waals surface area contributed by atoms with Crippen LogP contribution in [0, 0.1) is 12.8 Å². The number of aromatic carboxylic acids is 1. The molecule has 2 rings (SSSR count). The standard InChI is InChI=1S/C15H22N2O2/c1-11-9-13(3-4-14(11)15(18)19)16-10-12-5-7-17(2)8-6-12/h3-4,9,12,16H,5-8,10H2,1-2H3,(H,18,19). The number of carboxylic acid groups (broad SMARTS) is 1. The first kappa shape index (κ1) is 13.9. The van der Waals surface area contributed by atoms with E-state index in [0.717, 1.165) is 23.7 Å². The molecule has 0 saturated carbocycles. The van der Waals surface area contributed by atoms with Crippen molar-refractivity contribution in [3.63, 3.8) is 0 Å². The Kier molecular flexibility index (Phi) is 4.43. The summed E-state index contributed by atoms with van der Waals surface area (Å²) in [6, 6.07) is 5.44. The van der Waals surface area contributed by atoms with Crippen LogP contribution in [-0.2, 0) is 0 Å². The van der Waals surface area contributed by atoms with E-state index in [1.165, 1.54) is 25.9 Å². The lowest BCUT2D eigenvalue weighted by Crippen LogP contribution is -2.32. The Hall–Kier alpha value is -1.55. The van der Waals surface area contributed by atoms with E-state index in [1.54, 1.807) is 6.07 Å². The lowest BCUT2D eigenvalue weighted by Gasteiger charge is -2.29. The Bertz CT molecular complexity index is 451. The highest BCUT2D eigenvalue weighted by molar-refractivity contribution is 5.89. The number of rotatable bonds is 4. The van der Waals surface area contributed by atoms with Crippen molar-refractivity contribution >= 4 is 11.7 Å².